The topological polar surface area (TPSA) is 161 Å². The van der Waals surface area contributed by atoms with Gasteiger partial charge in [0.2, 0.25) is 5.91 Å². The highest BCUT2D eigenvalue weighted by atomic mass is 16.5. The zero-order valence-corrected chi connectivity index (χ0v) is 18.4. The molecule has 3 aliphatic rings. The van der Waals surface area contributed by atoms with Crippen LogP contribution < -0.4 is 5.73 Å². The molecule has 0 saturated heterocycles. The van der Waals surface area contributed by atoms with Gasteiger partial charge in [0.15, 0.2) is 34.7 Å². The molecule has 4 rings (SSSR count). The van der Waals surface area contributed by atoms with Crippen LogP contribution in [0.3, 0.4) is 0 Å². The Balaban J connectivity index is 1.87. The predicted molar refractivity (Wildman–Crippen MR) is 111 cm³/mol. The van der Waals surface area contributed by atoms with Gasteiger partial charge in [-0.25, -0.2) is 4.79 Å². The number of ketones is 4. The second-order valence-corrected chi connectivity index (χ2v) is 9.12. The Bertz CT molecular complexity index is 1130. The van der Waals surface area contributed by atoms with Crippen LogP contribution in [-0.4, -0.2) is 77.9 Å². The van der Waals surface area contributed by atoms with Crippen LogP contribution in [0.1, 0.15) is 32.7 Å². The fraction of sp³-hybridized carbons (Fsp3) is 0.478. The second-order valence-electron chi connectivity index (χ2n) is 9.12. The summed E-state index contributed by atoms with van der Waals surface area (Å²) in [5.41, 5.74) is 3.13. The number of hydrogen-bond acceptors (Lipinski definition) is 9. The lowest BCUT2D eigenvalue weighted by atomic mass is 9.52. The number of carbonyl (C=O) groups is 6. The Hall–Kier alpha value is -3.24. The molecular weight excluding hydrogens is 432 g/mol. The number of nitrogens with zero attached hydrogens (tertiary/aromatic N) is 1. The minimum Gasteiger partial charge on any atom is -0.465 e. The summed E-state index contributed by atoms with van der Waals surface area (Å²) in [5, 5.41) is 11.5. The zero-order chi connectivity index (χ0) is 24.4. The van der Waals surface area contributed by atoms with Gasteiger partial charge in [-0.05, 0) is 44.5 Å². The average molecular weight is 456 g/mol. The third kappa shape index (κ3) is 3.01. The van der Waals surface area contributed by atoms with Crippen molar-refractivity contribution in [2.45, 2.75) is 24.5 Å². The largest absolute Gasteiger partial charge is 0.465 e. The number of hydrogen-bond donors (Lipinski definition) is 2. The number of carbonyl (C=O) groups excluding carboxylic acids is 6. The highest BCUT2D eigenvalue weighted by Gasteiger charge is 2.69. The van der Waals surface area contributed by atoms with Crippen LogP contribution in [0.5, 0.6) is 0 Å². The number of fused-ring (bicyclic) bond motifs is 3. The lowest BCUT2D eigenvalue weighted by Gasteiger charge is -2.52. The van der Waals surface area contributed by atoms with Gasteiger partial charge in [0.25, 0.3) is 0 Å². The first-order valence-corrected chi connectivity index (χ1v) is 10.5. The van der Waals surface area contributed by atoms with Crippen molar-refractivity contribution in [3.05, 3.63) is 34.9 Å². The molecule has 2 fully saturated rings. The van der Waals surface area contributed by atoms with Crippen LogP contribution in [0.15, 0.2) is 18.2 Å². The van der Waals surface area contributed by atoms with E-state index in [2.05, 4.69) is 0 Å². The first kappa shape index (κ1) is 22.9. The lowest BCUT2D eigenvalue weighted by Crippen LogP contribution is -2.74. The lowest BCUT2D eigenvalue weighted by molar-refractivity contribution is -0.181. The molecule has 0 radical (unpaired) electrons. The van der Waals surface area contributed by atoms with Gasteiger partial charge in [0.05, 0.1) is 24.6 Å². The van der Waals surface area contributed by atoms with Gasteiger partial charge in [-0.15, -0.1) is 0 Å². The highest BCUT2D eigenvalue weighted by molar-refractivity contribution is 6.32. The maximum absolute atomic E-state index is 13.7. The molecule has 10 nitrogen and oxygen atoms in total. The standard InChI is InChI=1S/C23H24N2O8/c1-25(2)16-12-8-10-7-9-5-4-6-11(22(31)33-3)13(9)17(26)14(10)19(28)23(12,32)20(29)15(18(16)27)21(24)30/h4-6,10,12,14-16,32H,7-8H2,1-3H3,(H2,24,30)/t10-,12-,14?,15?,16-,23-/m0/s1. The molecule has 1 aromatic carbocycles. The summed E-state index contributed by atoms with van der Waals surface area (Å²) in [7, 11) is 4.24. The first-order valence-electron chi connectivity index (χ1n) is 10.5. The van der Waals surface area contributed by atoms with E-state index in [1.165, 1.54) is 32.2 Å². The number of rotatable bonds is 3. The number of benzene rings is 1. The summed E-state index contributed by atoms with van der Waals surface area (Å²) < 4.78 is 4.75. The third-order valence-electron chi connectivity index (χ3n) is 7.23. The summed E-state index contributed by atoms with van der Waals surface area (Å²) in [6.07, 6.45) is 0.253. The van der Waals surface area contributed by atoms with Crippen LogP contribution in [0, 0.1) is 23.7 Å². The minimum absolute atomic E-state index is 0.00769. The van der Waals surface area contributed by atoms with Crippen LogP contribution in [0.25, 0.3) is 0 Å². The molecule has 0 spiro atoms. The second kappa shape index (κ2) is 7.67. The third-order valence-corrected chi connectivity index (χ3v) is 7.23. The number of nitrogens with two attached hydrogens (primary N) is 1. The quantitative estimate of drug-likeness (QED) is 0.427. The molecule has 174 valence electrons. The number of esters is 1. The highest BCUT2D eigenvalue weighted by Crippen LogP contribution is 2.50. The van der Waals surface area contributed by atoms with E-state index < -0.39 is 70.3 Å². The van der Waals surface area contributed by atoms with Gasteiger partial charge in [0, 0.05) is 11.5 Å². The molecule has 2 saturated carbocycles. The van der Waals surface area contributed by atoms with Gasteiger partial charge < -0.3 is 15.6 Å². The molecule has 3 aliphatic carbocycles. The van der Waals surface area contributed by atoms with Crippen molar-refractivity contribution in [3.8, 4) is 0 Å². The molecule has 10 heteroatoms. The van der Waals surface area contributed by atoms with E-state index in [-0.39, 0.29) is 24.0 Å². The Labute approximate surface area is 189 Å². The van der Waals surface area contributed by atoms with Crippen LogP contribution in [0.4, 0.5) is 0 Å². The van der Waals surface area contributed by atoms with E-state index in [0.29, 0.717) is 5.56 Å². The van der Waals surface area contributed by atoms with E-state index in [9.17, 15) is 33.9 Å². The van der Waals surface area contributed by atoms with E-state index in [1.54, 1.807) is 12.1 Å². The Morgan fingerprint density at radius 2 is 1.82 bits per heavy atom. The van der Waals surface area contributed by atoms with Crippen LogP contribution in [-0.2, 0) is 30.3 Å². The number of amides is 1. The van der Waals surface area contributed by atoms with Crippen molar-refractivity contribution in [1.29, 1.82) is 0 Å². The van der Waals surface area contributed by atoms with Crippen molar-refractivity contribution in [2.75, 3.05) is 21.2 Å². The summed E-state index contributed by atoms with van der Waals surface area (Å²) in [6, 6.07) is 3.56. The van der Waals surface area contributed by atoms with Crippen molar-refractivity contribution in [1.82, 2.24) is 4.90 Å². The maximum Gasteiger partial charge on any atom is 0.338 e. The van der Waals surface area contributed by atoms with E-state index in [4.69, 9.17) is 10.5 Å². The van der Waals surface area contributed by atoms with E-state index >= 15 is 0 Å². The van der Waals surface area contributed by atoms with Crippen molar-refractivity contribution < 1.29 is 38.6 Å². The predicted octanol–water partition coefficient (Wildman–Crippen LogP) is -1.05. The van der Waals surface area contributed by atoms with Gasteiger partial charge in [-0.3, -0.25) is 28.9 Å². The Morgan fingerprint density at radius 1 is 1.15 bits per heavy atom. The monoisotopic (exact) mass is 456 g/mol. The van der Waals surface area contributed by atoms with Gasteiger partial charge in [-0.2, -0.15) is 0 Å². The van der Waals surface area contributed by atoms with Crippen molar-refractivity contribution >= 4 is 35.0 Å². The molecule has 2 unspecified atom stereocenters. The first-order chi connectivity index (χ1) is 15.5. The van der Waals surface area contributed by atoms with Crippen molar-refractivity contribution in [3.63, 3.8) is 0 Å². The number of Topliss-reactive ketones (excluding diaryl/α,β-unsaturated/α-hetero) is 4. The Morgan fingerprint density at radius 3 is 2.39 bits per heavy atom. The Kier molecular flexibility index (Phi) is 5.33. The molecule has 0 heterocycles. The zero-order valence-electron chi connectivity index (χ0n) is 18.4. The molecule has 3 N–H and O–H groups in total. The fourth-order valence-electron chi connectivity index (χ4n) is 5.84. The van der Waals surface area contributed by atoms with E-state index in [0.717, 1.165) is 0 Å². The number of ether oxygens (including phenoxy) is 1. The number of likely N-dealkylation sites (N-methyl/N-ethyl adjacent to an activating group) is 1. The van der Waals surface area contributed by atoms with Crippen molar-refractivity contribution in [2.24, 2.45) is 29.4 Å². The van der Waals surface area contributed by atoms with Gasteiger partial charge >= 0.3 is 5.97 Å². The summed E-state index contributed by atoms with van der Waals surface area (Å²) in [5.74, 6) is -10.9. The average Bonchev–Trinajstić information content (AvgIpc) is 2.74. The van der Waals surface area contributed by atoms with Gasteiger partial charge in [0.1, 0.15) is 0 Å². The normalized spacial score (nSPS) is 33.3. The summed E-state index contributed by atoms with van der Waals surface area (Å²) in [4.78, 5) is 78.9. The summed E-state index contributed by atoms with van der Waals surface area (Å²) >= 11 is 0. The maximum atomic E-state index is 13.7. The van der Waals surface area contributed by atoms with E-state index in [1.807, 2.05) is 0 Å². The van der Waals surface area contributed by atoms with Crippen LogP contribution >= 0.6 is 0 Å². The molecule has 0 aromatic heterocycles. The molecule has 0 bridgehead atoms. The molecule has 33 heavy (non-hydrogen) atoms. The van der Waals surface area contributed by atoms with Gasteiger partial charge in [-0.1, -0.05) is 12.1 Å². The molecular formula is C23H24N2O8. The number of aliphatic hydroxyl groups is 1. The van der Waals surface area contributed by atoms with Crippen LogP contribution in [0.2, 0.25) is 0 Å². The fourth-order valence-corrected chi connectivity index (χ4v) is 5.84. The molecule has 1 aromatic rings. The molecule has 0 aliphatic heterocycles. The smallest absolute Gasteiger partial charge is 0.338 e. The minimum atomic E-state index is -2.73. The molecule has 1 amide bonds. The SMILES string of the molecule is COC(=O)c1cccc2c1C(=O)C1C(=O)[C@]3(O)C(=O)C(C(N)=O)C(=O)[C@@H](N(C)C)[C@@H]3C[C@@H]1C2. The number of methoxy groups -OCH3 is 1. The summed E-state index contributed by atoms with van der Waals surface area (Å²) in [6.45, 7) is 0. The number of primary amides is 1. The molecule has 6 atom stereocenters.